The van der Waals surface area contributed by atoms with E-state index in [0.29, 0.717) is 12.4 Å². The Bertz CT molecular complexity index is 681. The van der Waals surface area contributed by atoms with Crippen LogP contribution < -0.4 is 9.16 Å². The van der Waals surface area contributed by atoms with E-state index in [1.165, 1.54) is 0 Å². The molecule has 1 aromatic rings. The first kappa shape index (κ1) is 20.9. The molecule has 0 saturated heterocycles. The Morgan fingerprint density at radius 1 is 1.07 bits per heavy atom. The number of hydrogen-bond donors (Lipinski definition) is 0. The monoisotopic (exact) mass is 414 g/mol. The molecule has 0 bridgehead atoms. The first-order chi connectivity index (χ1) is 12.7. The smallest absolute Gasteiger partial charge is 0.522 e. The number of carbonyl (C=O) groups excluding carboxylic acids is 3. The Hall–Kier alpha value is -2.38. The summed E-state index contributed by atoms with van der Waals surface area (Å²) in [5.41, 5.74) is 0.863. The molecule has 11 heteroatoms. The molecule has 0 amide bonds. The Balaban J connectivity index is 2.06. The molecule has 0 spiro atoms. The van der Waals surface area contributed by atoms with E-state index in [2.05, 4.69) is 0 Å². The lowest BCUT2D eigenvalue weighted by atomic mass is 10.2. The van der Waals surface area contributed by atoms with Crippen LogP contribution in [0.1, 0.15) is 26.3 Å². The van der Waals surface area contributed by atoms with E-state index < -0.39 is 36.0 Å². The van der Waals surface area contributed by atoms with E-state index >= 15 is 0 Å². The summed E-state index contributed by atoms with van der Waals surface area (Å²) < 4.78 is 32.2. The van der Waals surface area contributed by atoms with Gasteiger partial charge >= 0.3 is 18.1 Å². The summed E-state index contributed by atoms with van der Waals surface area (Å²) in [7, 11) is -5.51. The van der Waals surface area contributed by atoms with Crippen LogP contribution in [-0.4, -0.2) is 42.6 Å². The highest BCUT2D eigenvalue weighted by atomic mass is 28.4. The van der Waals surface area contributed by atoms with Crippen LogP contribution in [0.4, 0.5) is 0 Å². The molecule has 1 unspecified atom stereocenters. The third-order valence-corrected chi connectivity index (χ3v) is 7.21. The van der Waals surface area contributed by atoms with E-state index in [4.69, 9.17) is 26.9 Å². The fourth-order valence-electron chi connectivity index (χ4n) is 2.46. The van der Waals surface area contributed by atoms with Crippen molar-refractivity contribution in [3.8, 4) is 11.5 Å². The molecule has 148 valence electrons. The van der Waals surface area contributed by atoms with Crippen molar-refractivity contribution >= 4 is 36.0 Å². The van der Waals surface area contributed by atoms with Crippen LogP contribution in [0.25, 0.3) is 0 Å². The van der Waals surface area contributed by atoms with Gasteiger partial charge in [-0.1, -0.05) is 0 Å². The van der Waals surface area contributed by atoms with Gasteiger partial charge in [-0.25, -0.2) is 0 Å². The van der Waals surface area contributed by atoms with Crippen molar-refractivity contribution in [1.29, 1.82) is 0 Å². The highest BCUT2D eigenvalue weighted by Gasteiger charge is 2.51. The molecular weight excluding hydrogens is 392 g/mol. The average molecular weight is 415 g/mol. The van der Waals surface area contributed by atoms with E-state index in [1.54, 1.807) is 18.2 Å². The van der Waals surface area contributed by atoms with Gasteiger partial charge in [-0.05, 0) is 24.7 Å². The number of benzene rings is 1. The van der Waals surface area contributed by atoms with Gasteiger partial charge in [0.15, 0.2) is 0 Å². The highest BCUT2D eigenvalue weighted by molar-refractivity contribution is 6.65. The second-order valence-corrected chi connectivity index (χ2v) is 10.0. The van der Waals surface area contributed by atoms with Crippen molar-refractivity contribution < 1.29 is 41.3 Å². The predicted molar refractivity (Wildman–Crippen MR) is 96.2 cm³/mol. The Labute approximate surface area is 159 Å². The number of rotatable bonds is 7. The van der Waals surface area contributed by atoms with Crippen LogP contribution in [0, 0.1) is 0 Å². The Morgan fingerprint density at radius 3 is 2.22 bits per heavy atom. The molecule has 1 atom stereocenters. The molecule has 2 rings (SSSR count). The molecule has 1 aliphatic heterocycles. The summed E-state index contributed by atoms with van der Waals surface area (Å²) in [4.78, 5) is 34.2. The largest absolute Gasteiger partial charge is 0.708 e. The minimum atomic E-state index is -3.89. The molecule has 0 radical (unpaired) electrons. The van der Waals surface area contributed by atoms with Crippen LogP contribution in [0.3, 0.4) is 0 Å². The zero-order valence-corrected chi connectivity index (χ0v) is 17.8. The van der Waals surface area contributed by atoms with E-state index in [-0.39, 0.29) is 12.7 Å². The quantitative estimate of drug-likeness (QED) is 0.613. The van der Waals surface area contributed by atoms with Crippen molar-refractivity contribution in [3.05, 3.63) is 23.8 Å². The van der Waals surface area contributed by atoms with Crippen molar-refractivity contribution in [1.82, 2.24) is 0 Å². The van der Waals surface area contributed by atoms with Gasteiger partial charge in [0.25, 0.3) is 17.9 Å². The van der Waals surface area contributed by atoms with Crippen molar-refractivity contribution in [3.63, 3.8) is 0 Å². The van der Waals surface area contributed by atoms with E-state index in [9.17, 15) is 14.4 Å². The molecule has 0 aromatic heterocycles. The maximum absolute atomic E-state index is 11.4. The van der Waals surface area contributed by atoms with E-state index in [1.807, 2.05) is 6.55 Å². The molecule has 9 nitrogen and oxygen atoms in total. The van der Waals surface area contributed by atoms with Gasteiger partial charge < -0.3 is 26.9 Å². The molecule has 1 aliphatic rings. The zero-order valence-electron chi connectivity index (χ0n) is 15.6. The van der Waals surface area contributed by atoms with Gasteiger partial charge in [-0.3, -0.25) is 14.4 Å². The zero-order chi connectivity index (χ0) is 20.0. The normalized spacial score (nSPS) is 15.8. The fourth-order valence-corrected chi connectivity index (χ4v) is 5.63. The summed E-state index contributed by atoms with van der Waals surface area (Å²) >= 11 is 0. The van der Waals surface area contributed by atoms with Crippen molar-refractivity contribution in [2.45, 2.75) is 40.0 Å². The number of hydrogen-bond acceptors (Lipinski definition) is 9. The lowest BCUT2D eigenvalue weighted by molar-refractivity contribution is -0.147. The lowest BCUT2D eigenvalue weighted by Gasteiger charge is -2.26. The second kappa shape index (κ2) is 9.01. The predicted octanol–water partition coefficient (Wildman–Crippen LogP) is 1.45. The first-order valence-corrected chi connectivity index (χ1v) is 12.3. The third kappa shape index (κ3) is 6.38. The summed E-state index contributed by atoms with van der Waals surface area (Å²) in [5.74, 6) is -0.841. The molecule has 1 aromatic carbocycles. The molecule has 0 aliphatic carbocycles. The Morgan fingerprint density at radius 2 is 1.67 bits per heavy atom. The van der Waals surface area contributed by atoms with Gasteiger partial charge in [0.05, 0.1) is 19.3 Å². The van der Waals surface area contributed by atoms with Crippen LogP contribution in [0.15, 0.2) is 18.2 Å². The van der Waals surface area contributed by atoms with Gasteiger partial charge in [-0.15, -0.1) is 0 Å². The summed E-state index contributed by atoms with van der Waals surface area (Å²) in [6, 6.07) is 5.24. The minimum Gasteiger partial charge on any atom is -0.522 e. The maximum atomic E-state index is 11.4. The topological polar surface area (TPSA) is 107 Å². The summed E-state index contributed by atoms with van der Waals surface area (Å²) in [6.45, 7) is 5.82. The molecule has 1 heterocycles. The summed E-state index contributed by atoms with van der Waals surface area (Å²) in [6.07, 6.45) is 0. The highest BCUT2D eigenvalue weighted by Crippen LogP contribution is 2.29. The molecule has 0 N–H and O–H groups in total. The first-order valence-electron chi connectivity index (χ1n) is 8.32. The minimum absolute atomic E-state index is 0.00567. The van der Waals surface area contributed by atoms with Crippen LogP contribution in [0.5, 0.6) is 11.5 Å². The Kier molecular flexibility index (Phi) is 6.99. The molecule has 0 saturated carbocycles. The van der Waals surface area contributed by atoms with Crippen molar-refractivity contribution in [2.24, 2.45) is 0 Å². The van der Waals surface area contributed by atoms with Crippen LogP contribution >= 0.6 is 0 Å². The lowest BCUT2D eigenvalue weighted by Crippen LogP contribution is -2.50. The van der Waals surface area contributed by atoms with Crippen LogP contribution in [0.2, 0.25) is 12.6 Å². The maximum Gasteiger partial charge on any atom is 0.708 e. The average Bonchev–Trinajstić information content (AvgIpc) is 2.52. The molecular formula is C16H22O9Si2. The van der Waals surface area contributed by atoms with Gasteiger partial charge in [0, 0.05) is 26.3 Å². The van der Waals surface area contributed by atoms with E-state index in [0.717, 1.165) is 32.1 Å². The number of fused-ring (bicyclic) bond motifs is 1. The third-order valence-electron chi connectivity index (χ3n) is 3.37. The van der Waals surface area contributed by atoms with Gasteiger partial charge in [0.1, 0.15) is 11.5 Å². The van der Waals surface area contributed by atoms with Crippen LogP contribution in [-0.2, 0) is 38.7 Å². The number of ether oxygens (including phenoxy) is 1. The standard InChI is InChI=1S/C16H22O9Si2/c1-11(17)23-27(24-12(2)18,25-13(3)19)8-7-20-15-5-6-16-14(9-15)10-21-26(4)22-16/h5-6,9,26H,7-8,10H2,1-4H3. The van der Waals surface area contributed by atoms with Crippen molar-refractivity contribution in [2.75, 3.05) is 6.61 Å². The molecule has 27 heavy (non-hydrogen) atoms. The van der Waals surface area contributed by atoms with Gasteiger partial charge in [0.2, 0.25) is 0 Å². The molecule has 0 fully saturated rings. The number of carbonyl (C=O) groups is 3. The second-order valence-electron chi connectivity index (χ2n) is 5.83. The fraction of sp³-hybridized carbons (Fsp3) is 0.438. The SMILES string of the molecule is CC(=O)O[Si](CCOc1ccc2c(c1)CO[SiH](C)O2)(OC(C)=O)OC(C)=O. The summed E-state index contributed by atoms with van der Waals surface area (Å²) in [5, 5.41) is 0. The van der Waals surface area contributed by atoms with Gasteiger partial charge in [-0.2, -0.15) is 0 Å².